The molecule has 106 valence electrons. The predicted molar refractivity (Wildman–Crippen MR) is 89.7 cm³/mol. The Balaban J connectivity index is 1.88. The molecule has 0 fully saturated rings. The molecule has 0 spiro atoms. The number of para-hydroxylation sites is 1. The molecule has 2 rings (SSSR count). The summed E-state index contributed by atoms with van der Waals surface area (Å²) in [6.07, 6.45) is 0.930. The van der Waals surface area contributed by atoms with Gasteiger partial charge in [-0.1, -0.05) is 31.2 Å². The standard InChI is InChI=1S/C16H19NOS2/c1-3-13-7-4-6-12(2)16(13)17-15(18)11-19-10-14-8-5-9-20-14/h4-9H,3,10-11H2,1-2H3,(H,17,18). The number of thioether (sulfide) groups is 1. The molecule has 0 aliphatic heterocycles. The highest BCUT2D eigenvalue weighted by molar-refractivity contribution is 7.99. The number of thiophene rings is 1. The SMILES string of the molecule is CCc1cccc(C)c1NC(=O)CSCc1cccs1. The molecule has 0 radical (unpaired) electrons. The molecule has 1 heterocycles. The molecule has 0 atom stereocenters. The van der Waals surface area contributed by atoms with Crippen LogP contribution in [0.1, 0.15) is 22.9 Å². The molecule has 1 aromatic heterocycles. The van der Waals surface area contributed by atoms with Gasteiger partial charge in [-0.2, -0.15) is 0 Å². The minimum absolute atomic E-state index is 0.0792. The van der Waals surface area contributed by atoms with Crippen LogP contribution in [0.4, 0.5) is 5.69 Å². The molecule has 0 aliphatic rings. The lowest BCUT2D eigenvalue weighted by Crippen LogP contribution is -2.16. The number of rotatable bonds is 6. The molecule has 1 amide bonds. The van der Waals surface area contributed by atoms with Crippen LogP contribution in [0.5, 0.6) is 0 Å². The van der Waals surface area contributed by atoms with Crippen molar-refractivity contribution >= 4 is 34.7 Å². The first-order valence-electron chi connectivity index (χ1n) is 6.69. The fourth-order valence-corrected chi connectivity index (χ4v) is 3.68. The van der Waals surface area contributed by atoms with E-state index in [-0.39, 0.29) is 5.91 Å². The van der Waals surface area contributed by atoms with Gasteiger partial charge in [0.2, 0.25) is 5.91 Å². The van der Waals surface area contributed by atoms with Gasteiger partial charge in [0, 0.05) is 16.3 Å². The second kappa shape index (κ2) is 7.50. The molecule has 0 bridgehead atoms. The van der Waals surface area contributed by atoms with E-state index in [1.54, 1.807) is 23.1 Å². The average Bonchev–Trinajstić information content (AvgIpc) is 2.94. The summed E-state index contributed by atoms with van der Waals surface area (Å²) < 4.78 is 0. The first kappa shape index (κ1) is 15.1. The maximum atomic E-state index is 12.0. The molecule has 0 unspecified atom stereocenters. The number of amides is 1. The van der Waals surface area contributed by atoms with Crippen molar-refractivity contribution in [2.75, 3.05) is 11.1 Å². The zero-order valence-electron chi connectivity index (χ0n) is 11.8. The van der Waals surface area contributed by atoms with E-state index in [2.05, 4.69) is 29.8 Å². The quantitative estimate of drug-likeness (QED) is 0.852. The fraction of sp³-hybridized carbons (Fsp3) is 0.312. The van der Waals surface area contributed by atoms with Gasteiger partial charge in [0.25, 0.3) is 0 Å². The highest BCUT2D eigenvalue weighted by Crippen LogP contribution is 2.22. The Kier molecular flexibility index (Phi) is 5.68. The number of aryl methyl sites for hydroxylation is 2. The lowest BCUT2D eigenvalue weighted by molar-refractivity contribution is -0.113. The maximum Gasteiger partial charge on any atom is 0.234 e. The Labute approximate surface area is 128 Å². The van der Waals surface area contributed by atoms with Crippen LogP contribution < -0.4 is 5.32 Å². The van der Waals surface area contributed by atoms with Crippen LogP contribution in [-0.2, 0) is 17.0 Å². The lowest BCUT2D eigenvalue weighted by Gasteiger charge is -2.12. The number of hydrogen-bond donors (Lipinski definition) is 1. The van der Waals surface area contributed by atoms with E-state index in [1.165, 1.54) is 10.4 Å². The zero-order valence-corrected chi connectivity index (χ0v) is 13.4. The third-order valence-electron chi connectivity index (χ3n) is 3.06. The Morgan fingerprint density at radius 1 is 1.30 bits per heavy atom. The summed E-state index contributed by atoms with van der Waals surface area (Å²) in [6, 6.07) is 10.3. The van der Waals surface area contributed by atoms with Crippen LogP contribution in [0.3, 0.4) is 0 Å². The summed E-state index contributed by atoms with van der Waals surface area (Å²) in [5.74, 6) is 1.48. The van der Waals surface area contributed by atoms with E-state index in [0.717, 1.165) is 23.4 Å². The van der Waals surface area contributed by atoms with Gasteiger partial charge < -0.3 is 5.32 Å². The van der Waals surface area contributed by atoms with E-state index in [1.807, 2.05) is 25.1 Å². The van der Waals surface area contributed by atoms with Gasteiger partial charge in [0.05, 0.1) is 5.75 Å². The molecule has 1 N–H and O–H groups in total. The van der Waals surface area contributed by atoms with Crippen molar-refractivity contribution in [3.63, 3.8) is 0 Å². The smallest absolute Gasteiger partial charge is 0.234 e. The van der Waals surface area contributed by atoms with Crippen molar-refractivity contribution < 1.29 is 4.79 Å². The molecule has 1 aromatic carbocycles. The summed E-state index contributed by atoms with van der Waals surface area (Å²) in [7, 11) is 0. The molecule has 20 heavy (non-hydrogen) atoms. The highest BCUT2D eigenvalue weighted by atomic mass is 32.2. The normalized spacial score (nSPS) is 10.5. The van der Waals surface area contributed by atoms with Crippen molar-refractivity contribution in [3.05, 3.63) is 51.7 Å². The minimum Gasteiger partial charge on any atom is -0.325 e. The maximum absolute atomic E-state index is 12.0. The van der Waals surface area contributed by atoms with Crippen LogP contribution in [0.15, 0.2) is 35.7 Å². The summed E-state index contributed by atoms with van der Waals surface area (Å²) in [6.45, 7) is 4.14. The van der Waals surface area contributed by atoms with Crippen molar-refractivity contribution in [1.82, 2.24) is 0 Å². The first-order valence-corrected chi connectivity index (χ1v) is 8.72. The van der Waals surface area contributed by atoms with E-state index in [9.17, 15) is 4.79 Å². The van der Waals surface area contributed by atoms with Crippen molar-refractivity contribution in [2.45, 2.75) is 26.0 Å². The number of nitrogens with one attached hydrogen (secondary N) is 1. The third-order valence-corrected chi connectivity index (χ3v) is 5.10. The number of hydrogen-bond acceptors (Lipinski definition) is 3. The van der Waals surface area contributed by atoms with Crippen molar-refractivity contribution in [1.29, 1.82) is 0 Å². The number of carbonyl (C=O) groups is 1. The third kappa shape index (κ3) is 4.12. The van der Waals surface area contributed by atoms with E-state index < -0.39 is 0 Å². The van der Waals surface area contributed by atoms with Gasteiger partial charge in [0.1, 0.15) is 0 Å². The molecular weight excluding hydrogens is 286 g/mol. The topological polar surface area (TPSA) is 29.1 Å². The monoisotopic (exact) mass is 305 g/mol. The molecular formula is C16H19NOS2. The van der Waals surface area contributed by atoms with Crippen LogP contribution in [0.2, 0.25) is 0 Å². The molecule has 2 nitrogen and oxygen atoms in total. The summed E-state index contributed by atoms with van der Waals surface area (Å²) in [5.41, 5.74) is 3.30. The Morgan fingerprint density at radius 3 is 2.85 bits per heavy atom. The van der Waals surface area contributed by atoms with Gasteiger partial charge >= 0.3 is 0 Å². The van der Waals surface area contributed by atoms with E-state index in [4.69, 9.17) is 0 Å². The first-order chi connectivity index (χ1) is 9.70. The van der Waals surface area contributed by atoms with Gasteiger partial charge in [-0.05, 0) is 35.9 Å². The van der Waals surface area contributed by atoms with E-state index in [0.29, 0.717) is 5.75 Å². The van der Waals surface area contributed by atoms with Gasteiger partial charge in [-0.15, -0.1) is 23.1 Å². The predicted octanol–water partition coefficient (Wildman–Crippen LogP) is 4.49. The van der Waals surface area contributed by atoms with E-state index >= 15 is 0 Å². The number of carbonyl (C=O) groups excluding carboxylic acids is 1. The second-order valence-corrected chi connectivity index (χ2v) is 6.60. The summed E-state index contributed by atoms with van der Waals surface area (Å²) >= 11 is 3.39. The molecule has 0 aliphatic carbocycles. The molecule has 4 heteroatoms. The van der Waals surface area contributed by atoms with Gasteiger partial charge in [0.15, 0.2) is 0 Å². The Morgan fingerprint density at radius 2 is 2.15 bits per heavy atom. The van der Waals surface area contributed by atoms with Crippen LogP contribution >= 0.6 is 23.1 Å². The van der Waals surface area contributed by atoms with Crippen LogP contribution in [-0.4, -0.2) is 11.7 Å². The Hall–Kier alpha value is -1.26. The van der Waals surface area contributed by atoms with Crippen LogP contribution in [0, 0.1) is 6.92 Å². The van der Waals surface area contributed by atoms with Crippen LogP contribution in [0.25, 0.3) is 0 Å². The zero-order chi connectivity index (χ0) is 14.4. The van der Waals surface area contributed by atoms with Gasteiger partial charge in [-0.3, -0.25) is 4.79 Å². The minimum atomic E-state index is 0.0792. The molecule has 0 saturated heterocycles. The van der Waals surface area contributed by atoms with Crippen molar-refractivity contribution in [3.8, 4) is 0 Å². The van der Waals surface area contributed by atoms with Gasteiger partial charge in [-0.25, -0.2) is 0 Å². The number of benzene rings is 1. The lowest BCUT2D eigenvalue weighted by atomic mass is 10.1. The highest BCUT2D eigenvalue weighted by Gasteiger charge is 2.08. The summed E-state index contributed by atoms with van der Waals surface area (Å²) in [4.78, 5) is 13.3. The molecule has 0 saturated carbocycles. The molecule has 2 aromatic rings. The Bertz CT molecular complexity index is 564. The average molecular weight is 305 g/mol. The van der Waals surface area contributed by atoms with Crippen molar-refractivity contribution in [2.24, 2.45) is 0 Å². The largest absolute Gasteiger partial charge is 0.325 e. The fourth-order valence-electron chi connectivity index (χ4n) is 2.02. The summed E-state index contributed by atoms with van der Waals surface area (Å²) in [5, 5.41) is 5.12. The second-order valence-electron chi connectivity index (χ2n) is 4.58. The number of anilines is 1.